The summed E-state index contributed by atoms with van der Waals surface area (Å²) < 4.78 is 13.0. The van der Waals surface area contributed by atoms with Gasteiger partial charge in [0.2, 0.25) is 0 Å². The summed E-state index contributed by atoms with van der Waals surface area (Å²) >= 11 is 5.86. The van der Waals surface area contributed by atoms with Crippen LogP contribution < -0.4 is 10.8 Å². The van der Waals surface area contributed by atoms with E-state index in [1.165, 1.54) is 30.3 Å². The van der Waals surface area contributed by atoms with Gasteiger partial charge in [-0.15, -0.1) is 0 Å². The fraction of sp³-hybridized carbons (Fsp3) is 0.0714. The third-order valence-corrected chi connectivity index (χ3v) is 3.21. The Morgan fingerprint density at radius 3 is 2.62 bits per heavy atom. The SMILES string of the molecule is O=C(NCc1cccc(F)c1)c1ccc(B(O)O)c(Cl)c1. The van der Waals surface area contributed by atoms with E-state index < -0.39 is 7.12 Å². The number of carbonyl (C=O) groups is 1. The van der Waals surface area contributed by atoms with Crippen LogP contribution in [0.15, 0.2) is 42.5 Å². The summed E-state index contributed by atoms with van der Waals surface area (Å²) in [6.45, 7) is 0.179. The van der Waals surface area contributed by atoms with E-state index in [0.717, 1.165) is 0 Å². The van der Waals surface area contributed by atoms with Gasteiger partial charge in [0, 0.05) is 22.6 Å². The number of rotatable bonds is 4. The Morgan fingerprint density at radius 2 is 2.00 bits per heavy atom. The lowest BCUT2D eigenvalue weighted by Gasteiger charge is -2.08. The molecule has 0 bridgehead atoms. The number of nitrogens with one attached hydrogen (secondary N) is 1. The number of benzene rings is 2. The highest BCUT2D eigenvalue weighted by molar-refractivity contribution is 6.62. The minimum absolute atomic E-state index is 0.0865. The van der Waals surface area contributed by atoms with Gasteiger partial charge in [-0.1, -0.05) is 29.8 Å². The largest absolute Gasteiger partial charge is 0.489 e. The molecule has 4 nitrogen and oxygen atoms in total. The van der Waals surface area contributed by atoms with E-state index in [1.807, 2.05) is 0 Å². The van der Waals surface area contributed by atoms with Crippen LogP contribution in [0.3, 0.4) is 0 Å². The molecule has 108 valence electrons. The molecule has 21 heavy (non-hydrogen) atoms. The van der Waals surface area contributed by atoms with Crippen LogP contribution in [0.1, 0.15) is 15.9 Å². The molecule has 0 aromatic heterocycles. The zero-order valence-corrected chi connectivity index (χ0v) is 11.6. The molecule has 3 N–H and O–H groups in total. The van der Waals surface area contributed by atoms with Gasteiger partial charge in [0.15, 0.2) is 0 Å². The minimum Gasteiger partial charge on any atom is -0.423 e. The van der Waals surface area contributed by atoms with Crippen molar-refractivity contribution in [3.8, 4) is 0 Å². The first-order valence-corrected chi connectivity index (χ1v) is 6.53. The van der Waals surface area contributed by atoms with Crippen LogP contribution in [0.5, 0.6) is 0 Å². The molecule has 2 aromatic rings. The predicted molar refractivity (Wildman–Crippen MR) is 78.8 cm³/mol. The van der Waals surface area contributed by atoms with Crippen LogP contribution in [-0.4, -0.2) is 23.1 Å². The van der Waals surface area contributed by atoms with Gasteiger partial charge in [0.1, 0.15) is 5.82 Å². The molecule has 0 fully saturated rings. The lowest BCUT2D eigenvalue weighted by atomic mass is 9.80. The van der Waals surface area contributed by atoms with Gasteiger partial charge < -0.3 is 15.4 Å². The monoisotopic (exact) mass is 307 g/mol. The number of hydrogen-bond donors (Lipinski definition) is 3. The molecule has 0 aliphatic heterocycles. The molecule has 0 radical (unpaired) electrons. The van der Waals surface area contributed by atoms with Crippen molar-refractivity contribution in [1.29, 1.82) is 0 Å². The number of carbonyl (C=O) groups excluding carboxylic acids is 1. The van der Waals surface area contributed by atoms with Crippen molar-refractivity contribution in [2.24, 2.45) is 0 Å². The second kappa shape index (κ2) is 6.71. The highest BCUT2D eigenvalue weighted by Crippen LogP contribution is 2.10. The summed E-state index contributed by atoms with van der Waals surface area (Å²) in [5.41, 5.74) is 1.04. The van der Waals surface area contributed by atoms with Crippen molar-refractivity contribution in [3.63, 3.8) is 0 Å². The van der Waals surface area contributed by atoms with Gasteiger partial charge in [-0.2, -0.15) is 0 Å². The van der Waals surface area contributed by atoms with E-state index in [4.69, 9.17) is 21.6 Å². The molecule has 0 saturated carbocycles. The second-order valence-electron chi connectivity index (χ2n) is 4.42. The van der Waals surface area contributed by atoms with Gasteiger partial charge in [-0.05, 0) is 29.8 Å². The quantitative estimate of drug-likeness (QED) is 0.741. The third kappa shape index (κ3) is 4.04. The van der Waals surface area contributed by atoms with Crippen LogP contribution in [0, 0.1) is 5.82 Å². The van der Waals surface area contributed by atoms with E-state index in [1.54, 1.807) is 12.1 Å². The first kappa shape index (κ1) is 15.5. The van der Waals surface area contributed by atoms with Crippen molar-refractivity contribution < 1.29 is 19.2 Å². The van der Waals surface area contributed by atoms with Crippen molar-refractivity contribution in [1.82, 2.24) is 5.32 Å². The van der Waals surface area contributed by atoms with Crippen molar-refractivity contribution >= 4 is 30.1 Å². The van der Waals surface area contributed by atoms with E-state index in [9.17, 15) is 9.18 Å². The lowest BCUT2D eigenvalue weighted by Crippen LogP contribution is -2.31. The normalized spacial score (nSPS) is 10.3. The van der Waals surface area contributed by atoms with E-state index >= 15 is 0 Å². The van der Waals surface area contributed by atoms with Crippen LogP contribution in [0.25, 0.3) is 0 Å². The molecule has 0 atom stereocenters. The van der Waals surface area contributed by atoms with Gasteiger partial charge in [-0.25, -0.2) is 4.39 Å². The summed E-state index contributed by atoms with van der Waals surface area (Å²) in [5.74, 6) is -0.758. The standard InChI is InChI=1S/C14H12BClFNO3/c16-13-7-10(4-5-12(13)15(20)21)14(19)18-8-9-2-1-3-11(17)6-9/h1-7,20-21H,8H2,(H,18,19). The van der Waals surface area contributed by atoms with Gasteiger partial charge >= 0.3 is 7.12 Å². The average molecular weight is 308 g/mol. The molecule has 1 amide bonds. The summed E-state index contributed by atoms with van der Waals surface area (Å²) in [4.78, 5) is 11.9. The molecule has 2 aromatic carbocycles. The zero-order chi connectivity index (χ0) is 15.4. The highest BCUT2D eigenvalue weighted by Gasteiger charge is 2.16. The molecular formula is C14H12BClFNO3. The van der Waals surface area contributed by atoms with E-state index in [2.05, 4.69) is 5.32 Å². The summed E-state index contributed by atoms with van der Waals surface area (Å²) in [5, 5.41) is 20.8. The fourth-order valence-corrected chi connectivity index (χ4v) is 2.09. The smallest absolute Gasteiger partial charge is 0.423 e. The van der Waals surface area contributed by atoms with Crippen molar-refractivity contribution in [2.75, 3.05) is 0 Å². The summed E-state index contributed by atoms with van der Waals surface area (Å²) in [6.07, 6.45) is 0. The number of hydrogen-bond acceptors (Lipinski definition) is 3. The van der Waals surface area contributed by atoms with Crippen molar-refractivity contribution in [2.45, 2.75) is 6.54 Å². The van der Waals surface area contributed by atoms with Gasteiger partial charge in [-0.3, -0.25) is 4.79 Å². The Hall–Kier alpha value is -1.89. The molecule has 0 saturated heterocycles. The predicted octanol–water partition coefficient (Wildman–Crippen LogP) is 1.09. The van der Waals surface area contributed by atoms with Crippen LogP contribution in [-0.2, 0) is 6.54 Å². The Bertz CT molecular complexity index is 666. The fourth-order valence-electron chi connectivity index (χ4n) is 1.81. The van der Waals surface area contributed by atoms with E-state index in [0.29, 0.717) is 5.56 Å². The van der Waals surface area contributed by atoms with Crippen LogP contribution >= 0.6 is 11.6 Å². The van der Waals surface area contributed by atoms with Crippen LogP contribution in [0.2, 0.25) is 5.02 Å². The van der Waals surface area contributed by atoms with E-state index in [-0.39, 0.29) is 34.3 Å². The first-order valence-electron chi connectivity index (χ1n) is 6.15. The Kier molecular flexibility index (Phi) is 4.96. The van der Waals surface area contributed by atoms with Crippen molar-refractivity contribution in [3.05, 3.63) is 64.4 Å². The number of amides is 1. The Balaban J connectivity index is 2.05. The topological polar surface area (TPSA) is 69.6 Å². The molecule has 2 rings (SSSR count). The maximum Gasteiger partial charge on any atom is 0.489 e. The lowest BCUT2D eigenvalue weighted by molar-refractivity contribution is 0.0951. The Labute approximate surface area is 126 Å². The molecule has 0 unspecified atom stereocenters. The maximum atomic E-state index is 13.0. The maximum absolute atomic E-state index is 13.0. The summed E-state index contributed by atoms with van der Waals surface area (Å²) in [7, 11) is -1.69. The summed E-state index contributed by atoms with van der Waals surface area (Å²) in [6, 6.07) is 10.1. The number of halogens is 2. The van der Waals surface area contributed by atoms with Gasteiger partial charge in [0.25, 0.3) is 5.91 Å². The molecule has 0 heterocycles. The molecule has 0 aliphatic carbocycles. The average Bonchev–Trinajstić information content (AvgIpc) is 2.44. The zero-order valence-electron chi connectivity index (χ0n) is 10.9. The first-order chi connectivity index (χ1) is 9.97. The molecule has 0 aliphatic rings. The molecular weight excluding hydrogens is 295 g/mol. The second-order valence-corrected chi connectivity index (χ2v) is 4.83. The van der Waals surface area contributed by atoms with Gasteiger partial charge in [0.05, 0.1) is 0 Å². The van der Waals surface area contributed by atoms with Crippen LogP contribution in [0.4, 0.5) is 4.39 Å². The molecule has 0 spiro atoms. The third-order valence-electron chi connectivity index (χ3n) is 2.88. The highest BCUT2D eigenvalue weighted by atomic mass is 35.5. The Morgan fingerprint density at radius 1 is 1.24 bits per heavy atom. The minimum atomic E-state index is -1.69. The molecule has 7 heteroatoms.